The number of nitrogens with zero attached hydrogens (tertiary/aromatic N) is 1. The van der Waals surface area contributed by atoms with Crippen LogP contribution in [0, 0.1) is 0 Å². The summed E-state index contributed by atoms with van der Waals surface area (Å²) in [5, 5.41) is 0. The summed E-state index contributed by atoms with van der Waals surface area (Å²) in [4.78, 5) is 14.4. The van der Waals surface area contributed by atoms with E-state index in [4.69, 9.17) is 18.0 Å². The molecule has 0 heterocycles. The number of likely N-dealkylation sites (N-methyl/N-ethyl adjacent to an activating group) is 1. The predicted octanol–water partition coefficient (Wildman–Crippen LogP) is 1.65. The minimum atomic E-state index is -0.305. The first-order valence-corrected chi connectivity index (χ1v) is 6.89. The van der Waals surface area contributed by atoms with Gasteiger partial charge in [-0.1, -0.05) is 18.3 Å². The first kappa shape index (κ1) is 14.8. The van der Waals surface area contributed by atoms with Crippen LogP contribution in [-0.2, 0) is 9.53 Å². The number of benzene rings is 1. The second kappa shape index (κ2) is 6.61. The summed E-state index contributed by atoms with van der Waals surface area (Å²) in [7, 11) is 3.17. The Hall–Kier alpha value is -1.27. The molecule has 0 fully saturated rings. The van der Waals surface area contributed by atoms with E-state index in [0.717, 1.165) is 16.1 Å². The van der Waals surface area contributed by atoms with Crippen molar-refractivity contribution in [1.82, 2.24) is 0 Å². The van der Waals surface area contributed by atoms with Gasteiger partial charge in [-0.2, -0.15) is 0 Å². The van der Waals surface area contributed by atoms with E-state index in [1.165, 1.54) is 7.11 Å². The van der Waals surface area contributed by atoms with Crippen molar-refractivity contribution >= 4 is 40.6 Å². The molecule has 0 aliphatic rings. The fraction of sp³-hybridized carbons (Fsp3) is 0.333. The zero-order valence-corrected chi connectivity index (χ0v) is 12.2. The zero-order chi connectivity index (χ0) is 13.7. The number of hydrogen-bond donors (Lipinski definition) is 1. The molecule has 4 nitrogen and oxygen atoms in total. The number of thiocarbonyl (C=S) groups is 1. The molecule has 1 rings (SSSR count). The van der Waals surface area contributed by atoms with E-state index in [0.29, 0.717) is 4.99 Å². The monoisotopic (exact) mass is 284 g/mol. The summed E-state index contributed by atoms with van der Waals surface area (Å²) in [5.74, 6) is -0.305. The average Bonchev–Trinajstić information content (AvgIpc) is 2.37. The smallest absolute Gasteiger partial charge is 0.325 e. The molecule has 0 aliphatic carbocycles. The third-order valence-corrected chi connectivity index (χ3v) is 3.46. The highest BCUT2D eigenvalue weighted by Crippen LogP contribution is 2.29. The van der Waals surface area contributed by atoms with Crippen LogP contribution in [0.15, 0.2) is 23.1 Å². The number of esters is 1. The lowest BCUT2D eigenvalue weighted by Crippen LogP contribution is -2.28. The van der Waals surface area contributed by atoms with Crippen molar-refractivity contribution in [2.24, 2.45) is 5.73 Å². The average molecular weight is 284 g/mol. The Kier molecular flexibility index (Phi) is 5.43. The Balaban J connectivity index is 3.15. The van der Waals surface area contributed by atoms with Gasteiger partial charge in [-0.25, -0.2) is 0 Å². The van der Waals surface area contributed by atoms with Gasteiger partial charge in [0.2, 0.25) is 0 Å². The van der Waals surface area contributed by atoms with Crippen LogP contribution in [-0.4, -0.2) is 37.9 Å². The highest BCUT2D eigenvalue weighted by atomic mass is 32.2. The molecule has 1 aromatic rings. The molecule has 0 radical (unpaired) electrons. The Morgan fingerprint density at radius 2 is 2.22 bits per heavy atom. The predicted molar refractivity (Wildman–Crippen MR) is 79.4 cm³/mol. The maximum Gasteiger partial charge on any atom is 0.325 e. The molecule has 0 bridgehead atoms. The van der Waals surface area contributed by atoms with Gasteiger partial charge in [-0.05, 0) is 18.4 Å². The number of methoxy groups -OCH3 is 1. The maximum absolute atomic E-state index is 11.3. The fourth-order valence-corrected chi connectivity index (χ4v) is 2.51. The van der Waals surface area contributed by atoms with Crippen molar-refractivity contribution in [3.8, 4) is 0 Å². The number of ether oxygens (including phenoxy) is 1. The molecule has 6 heteroatoms. The maximum atomic E-state index is 11.3. The van der Waals surface area contributed by atoms with Crippen molar-refractivity contribution < 1.29 is 9.53 Å². The van der Waals surface area contributed by atoms with Gasteiger partial charge < -0.3 is 15.4 Å². The molecule has 0 amide bonds. The van der Waals surface area contributed by atoms with E-state index < -0.39 is 0 Å². The molecule has 0 saturated carbocycles. The summed E-state index contributed by atoms with van der Waals surface area (Å²) < 4.78 is 4.65. The van der Waals surface area contributed by atoms with Crippen LogP contribution >= 0.6 is 24.0 Å². The molecule has 98 valence electrons. The summed E-state index contributed by atoms with van der Waals surface area (Å²) in [6.45, 7) is 0.157. The molecule has 18 heavy (non-hydrogen) atoms. The highest BCUT2D eigenvalue weighted by molar-refractivity contribution is 7.98. The van der Waals surface area contributed by atoms with E-state index in [9.17, 15) is 4.79 Å². The number of nitrogens with two attached hydrogens (primary N) is 1. The van der Waals surface area contributed by atoms with E-state index in [2.05, 4.69) is 4.74 Å². The molecule has 0 aromatic heterocycles. The van der Waals surface area contributed by atoms with Crippen LogP contribution in [0.4, 0.5) is 5.69 Å². The van der Waals surface area contributed by atoms with Crippen LogP contribution in [0.1, 0.15) is 5.56 Å². The van der Waals surface area contributed by atoms with Crippen LogP contribution in [0.25, 0.3) is 0 Å². The zero-order valence-electron chi connectivity index (χ0n) is 10.6. The van der Waals surface area contributed by atoms with E-state index in [1.54, 1.807) is 23.7 Å². The lowest BCUT2D eigenvalue weighted by Gasteiger charge is -2.22. The minimum Gasteiger partial charge on any atom is -0.468 e. The van der Waals surface area contributed by atoms with Gasteiger partial charge in [0.15, 0.2) is 0 Å². The van der Waals surface area contributed by atoms with Crippen molar-refractivity contribution in [3.05, 3.63) is 23.8 Å². The van der Waals surface area contributed by atoms with Crippen LogP contribution in [0.5, 0.6) is 0 Å². The van der Waals surface area contributed by atoms with E-state index in [-0.39, 0.29) is 12.5 Å². The molecular weight excluding hydrogens is 268 g/mol. The van der Waals surface area contributed by atoms with Gasteiger partial charge in [0.1, 0.15) is 11.5 Å². The van der Waals surface area contributed by atoms with Crippen molar-refractivity contribution in [1.29, 1.82) is 0 Å². The molecule has 2 N–H and O–H groups in total. The Morgan fingerprint density at radius 1 is 1.56 bits per heavy atom. The normalized spacial score (nSPS) is 9.94. The third-order valence-electron chi connectivity index (χ3n) is 2.48. The minimum absolute atomic E-state index is 0.157. The van der Waals surface area contributed by atoms with Crippen LogP contribution in [0.3, 0.4) is 0 Å². The van der Waals surface area contributed by atoms with Crippen LogP contribution < -0.4 is 10.6 Å². The lowest BCUT2D eigenvalue weighted by atomic mass is 10.1. The second-order valence-corrected chi connectivity index (χ2v) is 4.94. The quantitative estimate of drug-likeness (QED) is 0.504. The van der Waals surface area contributed by atoms with Crippen molar-refractivity contribution in [2.45, 2.75) is 4.90 Å². The number of anilines is 1. The summed E-state index contributed by atoms with van der Waals surface area (Å²) in [6.07, 6.45) is 1.96. The lowest BCUT2D eigenvalue weighted by molar-refractivity contribution is -0.138. The largest absolute Gasteiger partial charge is 0.468 e. The number of hydrogen-bond acceptors (Lipinski definition) is 5. The van der Waals surface area contributed by atoms with Crippen molar-refractivity contribution in [2.75, 3.05) is 31.9 Å². The van der Waals surface area contributed by atoms with Crippen LogP contribution in [0.2, 0.25) is 0 Å². The number of carbonyl (C=O) groups excluding carboxylic acids is 1. The molecule has 0 atom stereocenters. The standard InChI is InChI=1S/C12H16N2O2S2/c1-14(7-10(15)16-2)8-5-4-6-9(18-3)11(8)12(13)17/h4-6H,7H2,1-3H3,(H2,13,17). The van der Waals surface area contributed by atoms with Crippen molar-refractivity contribution in [3.63, 3.8) is 0 Å². The van der Waals surface area contributed by atoms with Gasteiger partial charge in [-0.3, -0.25) is 4.79 Å². The summed E-state index contributed by atoms with van der Waals surface area (Å²) in [6, 6.07) is 5.75. The summed E-state index contributed by atoms with van der Waals surface area (Å²) in [5.41, 5.74) is 7.40. The molecule has 0 aliphatic heterocycles. The number of rotatable bonds is 5. The Morgan fingerprint density at radius 3 is 2.72 bits per heavy atom. The van der Waals surface area contributed by atoms with Gasteiger partial charge >= 0.3 is 5.97 Å². The Bertz CT molecular complexity index is 463. The molecule has 0 unspecified atom stereocenters. The topological polar surface area (TPSA) is 55.6 Å². The molecule has 1 aromatic carbocycles. The number of thioether (sulfide) groups is 1. The molecule has 0 spiro atoms. The molecular formula is C12H16N2O2S2. The first-order chi connectivity index (χ1) is 8.51. The fourth-order valence-electron chi connectivity index (χ4n) is 1.60. The SMILES string of the molecule is COC(=O)CN(C)c1cccc(SC)c1C(N)=S. The number of carbonyl (C=O) groups is 1. The highest BCUT2D eigenvalue weighted by Gasteiger charge is 2.15. The van der Waals surface area contributed by atoms with Gasteiger partial charge in [0.05, 0.1) is 7.11 Å². The van der Waals surface area contributed by atoms with Gasteiger partial charge in [0, 0.05) is 23.2 Å². The molecule has 0 saturated heterocycles. The first-order valence-electron chi connectivity index (χ1n) is 5.26. The van der Waals surface area contributed by atoms with E-state index in [1.807, 2.05) is 24.5 Å². The van der Waals surface area contributed by atoms with E-state index >= 15 is 0 Å². The van der Waals surface area contributed by atoms with Gasteiger partial charge in [0.25, 0.3) is 0 Å². The third kappa shape index (κ3) is 3.36. The van der Waals surface area contributed by atoms with Gasteiger partial charge in [-0.15, -0.1) is 11.8 Å². The summed E-state index contributed by atoms with van der Waals surface area (Å²) >= 11 is 6.66. The second-order valence-electron chi connectivity index (χ2n) is 3.65. The Labute approximate surface area is 116 Å².